The number of hydrogen-bond donors (Lipinski definition) is 2. The lowest BCUT2D eigenvalue weighted by Crippen LogP contribution is -2.43. The Labute approximate surface area is 176 Å². The lowest BCUT2D eigenvalue weighted by Gasteiger charge is -2.34. The minimum atomic E-state index is -1.17. The minimum absolute atomic E-state index is 0.0462. The molecule has 2 fully saturated rings. The van der Waals surface area contributed by atoms with Gasteiger partial charge < -0.3 is 20.5 Å². The summed E-state index contributed by atoms with van der Waals surface area (Å²) in [5.41, 5.74) is 6.64. The number of imidazole rings is 1. The predicted octanol–water partition coefficient (Wildman–Crippen LogP) is 2.72. The first-order valence-electron chi connectivity index (χ1n) is 10.1. The van der Waals surface area contributed by atoms with Crippen LogP contribution in [0.5, 0.6) is 5.75 Å². The number of aromatic carboxylic acids is 1. The van der Waals surface area contributed by atoms with E-state index in [0.717, 1.165) is 0 Å². The number of carbonyl (C=O) groups is 1. The number of halogens is 2. The molecule has 8 nitrogen and oxygen atoms in total. The predicted molar refractivity (Wildman–Crippen MR) is 108 cm³/mol. The molecule has 2 aromatic heterocycles. The minimum Gasteiger partial charge on any atom is -0.490 e. The number of fused-ring (bicyclic) bond motifs is 1. The molecule has 1 saturated carbocycles. The molecule has 1 aliphatic carbocycles. The number of rotatable bonds is 5. The number of alkyl halides is 1. The zero-order valence-electron chi connectivity index (χ0n) is 16.5. The first-order chi connectivity index (χ1) is 14.9. The van der Waals surface area contributed by atoms with Crippen LogP contribution in [0.1, 0.15) is 41.4 Å². The molecule has 162 valence electrons. The van der Waals surface area contributed by atoms with Gasteiger partial charge in [0.15, 0.2) is 11.3 Å². The Morgan fingerprint density at radius 1 is 1.23 bits per heavy atom. The van der Waals surface area contributed by atoms with Crippen LogP contribution in [0.15, 0.2) is 36.5 Å². The lowest BCUT2D eigenvalue weighted by molar-refractivity contribution is 0.0688. The highest BCUT2D eigenvalue weighted by molar-refractivity contribution is 5.86. The van der Waals surface area contributed by atoms with Gasteiger partial charge in [-0.3, -0.25) is 0 Å². The third-order valence-electron chi connectivity index (χ3n) is 5.87. The highest BCUT2D eigenvalue weighted by Gasteiger charge is 2.37. The number of anilines is 1. The lowest BCUT2D eigenvalue weighted by atomic mass is 9.90. The number of nitrogens with two attached hydrogens (primary N) is 1. The Kier molecular flexibility index (Phi) is 4.73. The van der Waals surface area contributed by atoms with Crippen LogP contribution in [0, 0.1) is 5.82 Å². The van der Waals surface area contributed by atoms with Crippen molar-refractivity contribution in [1.82, 2.24) is 14.6 Å². The number of benzene rings is 1. The summed E-state index contributed by atoms with van der Waals surface area (Å²) in [6.07, 6.45) is 1.59. The summed E-state index contributed by atoms with van der Waals surface area (Å²) in [5, 5.41) is 13.7. The summed E-state index contributed by atoms with van der Waals surface area (Å²) in [7, 11) is 0. The second-order valence-corrected chi connectivity index (χ2v) is 8.06. The smallest absolute Gasteiger partial charge is 0.356 e. The van der Waals surface area contributed by atoms with Gasteiger partial charge in [-0.2, -0.15) is 0 Å². The maximum atomic E-state index is 14.5. The fraction of sp³-hybridized carbons (Fsp3) is 0.381. The van der Waals surface area contributed by atoms with Crippen molar-refractivity contribution < 1.29 is 23.4 Å². The van der Waals surface area contributed by atoms with Crippen LogP contribution in [0.3, 0.4) is 0 Å². The molecule has 0 spiro atoms. The molecule has 2 aliphatic rings. The van der Waals surface area contributed by atoms with E-state index >= 15 is 0 Å². The van der Waals surface area contributed by atoms with Crippen molar-refractivity contribution in [2.75, 3.05) is 11.4 Å². The van der Waals surface area contributed by atoms with Crippen molar-refractivity contribution in [2.24, 2.45) is 5.73 Å². The van der Waals surface area contributed by atoms with Gasteiger partial charge in [0.2, 0.25) is 0 Å². The molecule has 10 heteroatoms. The van der Waals surface area contributed by atoms with Crippen LogP contribution < -0.4 is 15.4 Å². The number of carboxylic acid groups (broad SMARTS) is 1. The summed E-state index contributed by atoms with van der Waals surface area (Å²) in [6, 6.07) is 7.10. The molecular formula is C21H21F2N5O3. The number of carboxylic acids is 1. The Balaban J connectivity index is 1.52. The highest BCUT2D eigenvalue weighted by Crippen LogP contribution is 2.41. The fourth-order valence-corrected chi connectivity index (χ4v) is 4.26. The molecule has 0 unspecified atom stereocenters. The number of ether oxygens (including phenoxy) is 1. The van der Waals surface area contributed by atoms with Gasteiger partial charge in [0.1, 0.15) is 29.7 Å². The molecule has 1 aromatic carbocycles. The number of aromatic nitrogens is 3. The van der Waals surface area contributed by atoms with E-state index in [2.05, 4.69) is 10.1 Å². The van der Waals surface area contributed by atoms with Crippen LogP contribution in [0.4, 0.5) is 14.6 Å². The zero-order chi connectivity index (χ0) is 21.7. The van der Waals surface area contributed by atoms with Gasteiger partial charge in [-0.15, -0.1) is 5.10 Å². The van der Waals surface area contributed by atoms with Gasteiger partial charge >= 0.3 is 5.97 Å². The van der Waals surface area contributed by atoms with Gasteiger partial charge in [0.25, 0.3) is 0 Å². The Morgan fingerprint density at radius 3 is 2.77 bits per heavy atom. The molecule has 0 amide bonds. The van der Waals surface area contributed by atoms with Gasteiger partial charge in [-0.05, 0) is 43.2 Å². The van der Waals surface area contributed by atoms with Gasteiger partial charge in [0, 0.05) is 18.0 Å². The van der Waals surface area contributed by atoms with Crippen molar-refractivity contribution in [2.45, 2.75) is 43.6 Å². The topological polar surface area (TPSA) is 106 Å². The molecule has 0 bridgehead atoms. The van der Waals surface area contributed by atoms with E-state index in [0.29, 0.717) is 35.6 Å². The standard InChI is InChI=1S/C21H21F2N5O3/c22-11-1-2-18(31-14-7-13(24)8-14)15(5-11)16-6-12(23)10-27(16)20-4-3-19-25-9-17(21(29)30)28(19)26-20/h1-5,9,12-14,16H,6-8,10,24H2,(H,29,30)/t12-,13?,14?,16+/m0/s1. The molecule has 3 aromatic rings. The first-order valence-corrected chi connectivity index (χ1v) is 10.1. The van der Waals surface area contributed by atoms with Crippen LogP contribution in [-0.4, -0.2) is 50.5 Å². The Morgan fingerprint density at radius 2 is 2.03 bits per heavy atom. The monoisotopic (exact) mass is 429 g/mol. The van der Waals surface area contributed by atoms with Crippen LogP contribution >= 0.6 is 0 Å². The molecule has 0 radical (unpaired) electrons. The van der Waals surface area contributed by atoms with E-state index in [1.165, 1.54) is 22.8 Å². The average Bonchev–Trinajstić information content (AvgIpc) is 3.31. The quantitative estimate of drug-likeness (QED) is 0.642. The van der Waals surface area contributed by atoms with Crippen molar-refractivity contribution in [3.8, 4) is 5.75 Å². The van der Waals surface area contributed by atoms with Crippen molar-refractivity contribution in [3.63, 3.8) is 0 Å². The Hall–Kier alpha value is -3.27. The molecule has 31 heavy (non-hydrogen) atoms. The third kappa shape index (κ3) is 3.56. The summed E-state index contributed by atoms with van der Waals surface area (Å²) < 4.78 is 35.9. The third-order valence-corrected chi connectivity index (χ3v) is 5.87. The summed E-state index contributed by atoms with van der Waals surface area (Å²) in [4.78, 5) is 17.2. The van der Waals surface area contributed by atoms with Gasteiger partial charge in [-0.25, -0.2) is 23.1 Å². The van der Waals surface area contributed by atoms with E-state index in [1.54, 1.807) is 23.1 Å². The second-order valence-electron chi connectivity index (χ2n) is 8.06. The summed E-state index contributed by atoms with van der Waals surface area (Å²) >= 11 is 0. The highest BCUT2D eigenvalue weighted by atomic mass is 19.1. The van der Waals surface area contributed by atoms with E-state index in [4.69, 9.17) is 10.5 Å². The van der Waals surface area contributed by atoms with Crippen LogP contribution in [0.25, 0.3) is 5.65 Å². The SMILES string of the molecule is NC1CC(Oc2ccc(F)cc2[C@H]2C[C@H](F)CN2c2ccc3ncc(C(=O)O)n3n2)C1. The molecule has 1 aliphatic heterocycles. The molecule has 3 N–H and O–H groups in total. The van der Waals surface area contributed by atoms with Crippen LogP contribution in [0.2, 0.25) is 0 Å². The fourth-order valence-electron chi connectivity index (χ4n) is 4.26. The van der Waals surface area contributed by atoms with Crippen molar-refractivity contribution in [3.05, 3.63) is 53.6 Å². The van der Waals surface area contributed by atoms with E-state index < -0.39 is 24.0 Å². The normalized spacial score (nSPS) is 25.6. The van der Waals surface area contributed by atoms with Gasteiger partial charge in [-0.1, -0.05) is 0 Å². The average molecular weight is 429 g/mol. The first kappa shape index (κ1) is 19.7. The van der Waals surface area contributed by atoms with Crippen LogP contribution in [-0.2, 0) is 0 Å². The molecule has 5 rings (SSSR count). The van der Waals surface area contributed by atoms with E-state index in [-0.39, 0.29) is 30.8 Å². The second kappa shape index (κ2) is 7.45. The summed E-state index contributed by atoms with van der Waals surface area (Å²) in [6.45, 7) is 0.0462. The maximum absolute atomic E-state index is 14.5. The Bertz CT molecular complexity index is 1150. The maximum Gasteiger partial charge on any atom is 0.356 e. The molecule has 1 saturated heterocycles. The van der Waals surface area contributed by atoms with Crippen molar-refractivity contribution in [1.29, 1.82) is 0 Å². The van der Waals surface area contributed by atoms with E-state index in [9.17, 15) is 18.7 Å². The van der Waals surface area contributed by atoms with Crippen molar-refractivity contribution >= 4 is 17.4 Å². The largest absolute Gasteiger partial charge is 0.490 e. The van der Waals surface area contributed by atoms with Gasteiger partial charge in [0.05, 0.1) is 18.8 Å². The molecule has 3 heterocycles. The summed E-state index contributed by atoms with van der Waals surface area (Å²) in [5.74, 6) is -0.740. The number of nitrogens with zero attached hydrogens (tertiary/aromatic N) is 4. The van der Waals surface area contributed by atoms with E-state index in [1.807, 2.05) is 0 Å². The molecule has 2 atom stereocenters. The zero-order valence-corrected chi connectivity index (χ0v) is 16.5. The molecular weight excluding hydrogens is 408 g/mol. The number of hydrogen-bond acceptors (Lipinski definition) is 6.